The summed E-state index contributed by atoms with van der Waals surface area (Å²) in [6.07, 6.45) is 0. The Kier molecular flexibility index (Phi) is 7.09. The minimum Gasteiger partial charge on any atom is -0.378 e. The number of aryl methyl sites for hydroxylation is 1. The normalized spacial score (nSPS) is 10.7. The van der Waals surface area contributed by atoms with Crippen LogP contribution in [0.15, 0.2) is 84.0 Å². The van der Waals surface area contributed by atoms with E-state index in [1.165, 1.54) is 17.3 Å². The van der Waals surface area contributed by atoms with Crippen LogP contribution in [0.2, 0.25) is 5.02 Å². The summed E-state index contributed by atoms with van der Waals surface area (Å²) in [5.41, 5.74) is 3.74. The number of carbonyl (C=O) groups excluding carboxylic acids is 1. The van der Waals surface area contributed by atoms with Crippen LogP contribution in [-0.2, 0) is 11.3 Å². The zero-order chi connectivity index (χ0) is 22.3. The van der Waals surface area contributed by atoms with Gasteiger partial charge in [-0.3, -0.25) is 9.36 Å². The number of thioether (sulfide) groups is 1. The lowest BCUT2D eigenvalue weighted by molar-refractivity contribution is -0.113. The van der Waals surface area contributed by atoms with Crippen molar-refractivity contribution in [3.63, 3.8) is 0 Å². The van der Waals surface area contributed by atoms with Crippen molar-refractivity contribution in [1.82, 2.24) is 14.8 Å². The van der Waals surface area contributed by atoms with Crippen LogP contribution in [0, 0.1) is 6.92 Å². The highest BCUT2D eigenvalue weighted by Gasteiger charge is 2.16. The first kappa shape index (κ1) is 21.9. The van der Waals surface area contributed by atoms with Crippen molar-refractivity contribution in [3.05, 3.63) is 95.3 Å². The molecule has 162 valence electrons. The molecule has 0 bridgehead atoms. The molecule has 0 unspecified atom stereocenters. The number of benzene rings is 3. The molecule has 3 aromatic carbocycles. The van der Waals surface area contributed by atoms with Crippen LogP contribution < -0.4 is 10.6 Å². The first-order valence-electron chi connectivity index (χ1n) is 10.1. The van der Waals surface area contributed by atoms with E-state index in [0.717, 1.165) is 17.2 Å². The SMILES string of the molecule is Cc1ccc(NCc2nnc(SCC(=O)Nc3ccccc3Cl)n2-c2ccccc2)cc1. The van der Waals surface area contributed by atoms with E-state index < -0.39 is 0 Å². The van der Waals surface area contributed by atoms with Gasteiger partial charge in [0.15, 0.2) is 11.0 Å². The molecule has 4 rings (SSSR count). The summed E-state index contributed by atoms with van der Waals surface area (Å²) in [6.45, 7) is 2.55. The highest BCUT2D eigenvalue weighted by Crippen LogP contribution is 2.24. The number of amides is 1. The van der Waals surface area contributed by atoms with Crippen molar-refractivity contribution in [2.24, 2.45) is 0 Å². The van der Waals surface area contributed by atoms with Crippen LogP contribution in [-0.4, -0.2) is 26.4 Å². The molecule has 1 heterocycles. The van der Waals surface area contributed by atoms with Crippen molar-refractivity contribution in [2.75, 3.05) is 16.4 Å². The number of halogens is 1. The van der Waals surface area contributed by atoms with Gasteiger partial charge >= 0.3 is 0 Å². The second-order valence-corrected chi connectivity index (χ2v) is 8.46. The fourth-order valence-corrected chi connectivity index (χ4v) is 4.03. The second-order valence-electron chi connectivity index (χ2n) is 7.11. The second kappa shape index (κ2) is 10.3. The number of nitrogens with one attached hydrogen (secondary N) is 2. The highest BCUT2D eigenvalue weighted by molar-refractivity contribution is 7.99. The summed E-state index contributed by atoms with van der Waals surface area (Å²) in [5, 5.41) is 16.1. The molecule has 0 aliphatic carbocycles. The number of anilines is 2. The van der Waals surface area contributed by atoms with Gasteiger partial charge in [-0.2, -0.15) is 0 Å². The molecular formula is C24H22ClN5OS. The standard InChI is InChI=1S/C24H22ClN5OS/c1-17-11-13-18(14-12-17)26-15-22-28-29-24(30(22)19-7-3-2-4-8-19)32-16-23(31)27-21-10-6-5-9-20(21)25/h2-14,26H,15-16H2,1H3,(H,27,31). The smallest absolute Gasteiger partial charge is 0.234 e. The van der Waals surface area contributed by atoms with Gasteiger partial charge in [0.1, 0.15) is 0 Å². The number of rotatable bonds is 8. The summed E-state index contributed by atoms with van der Waals surface area (Å²) in [6, 6.07) is 25.2. The molecule has 1 amide bonds. The molecule has 0 fully saturated rings. The number of aromatic nitrogens is 3. The minimum atomic E-state index is -0.162. The van der Waals surface area contributed by atoms with E-state index in [-0.39, 0.29) is 11.7 Å². The van der Waals surface area contributed by atoms with Crippen LogP contribution in [0.1, 0.15) is 11.4 Å². The molecule has 2 N–H and O–H groups in total. The molecule has 0 aliphatic heterocycles. The molecule has 0 radical (unpaired) electrons. The van der Waals surface area contributed by atoms with E-state index in [4.69, 9.17) is 11.6 Å². The molecule has 4 aromatic rings. The summed E-state index contributed by atoms with van der Waals surface area (Å²) < 4.78 is 1.97. The Morgan fingerprint density at radius 3 is 2.44 bits per heavy atom. The average Bonchev–Trinajstić information content (AvgIpc) is 3.22. The van der Waals surface area contributed by atoms with Gasteiger partial charge in [-0.1, -0.05) is 71.4 Å². The van der Waals surface area contributed by atoms with E-state index >= 15 is 0 Å². The largest absolute Gasteiger partial charge is 0.378 e. The Morgan fingerprint density at radius 2 is 1.69 bits per heavy atom. The van der Waals surface area contributed by atoms with Crippen LogP contribution in [0.4, 0.5) is 11.4 Å². The molecule has 0 saturated heterocycles. The van der Waals surface area contributed by atoms with Gasteiger partial charge in [0.2, 0.25) is 5.91 Å². The van der Waals surface area contributed by atoms with Gasteiger partial charge in [0.25, 0.3) is 0 Å². The molecule has 1 aromatic heterocycles. The van der Waals surface area contributed by atoms with E-state index in [2.05, 4.69) is 39.9 Å². The third-order valence-electron chi connectivity index (χ3n) is 4.70. The first-order valence-corrected chi connectivity index (χ1v) is 11.4. The van der Waals surface area contributed by atoms with E-state index in [0.29, 0.717) is 22.4 Å². The Labute approximate surface area is 196 Å². The fraction of sp³-hybridized carbons (Fsp3) is 0.125. The highest BCUT2D eigenvalue weighted by atomic mass is 35.5. The Bertz CT molecular complexity index is 1190. The van der Waals surface area contributed by atoms with E-state index in [1.54, 1.807) is 12.1 Å². The monoisotopic (exact) mass is 463 g/mol. The van der Waals surface area contributed by atoms with Crippen LogP contribution in [0.3, 0.4) is 0 Å². The first-order chi connectivity index (χ1) is 15.6. The fourth-order valence-electron chi connectivity index (χ4n) is 3.08. The molecule has 8 heteroatoms. The van der Waals surface area contributed by atoms with Crippen molar-refractivity contribution >= 4 is 40.6 Å². The van der Waals surface area contributed by atoms with Crippen molar-refractivity contribution in [2.45, 2.75) is 18.6 Å². The van der Waals surface area contributed by atoms with Crippen molar-refractivity contribution in [3.8, 4) is 5.69 Å². The van der Waals surface area contributed by atoms with Gasteiger partial charge in [0.05, 0.1) is 23.0 Å². The number of hydrogen-bond donors (Lipinski definition) is 2. The van der Waals surface area contributed by atoms with Crippen LogP contribution in [0.5, 0.6) is 0 Å². The summed E-state index contributed by atoms with van der Waals surface area (Å²) in [5.74, 6) is 0.775. The molecule has 32 heavy (non-hydrogen) atoms. The topological polar surface area (TPSA) is 71.8 Å². The lowest BCUT2D eigenvalue weighted by atomic mass is 10.2. The van der Waals surface area contributed by atoms with Gasteiger partial charge in [-0.05, 0) is 43.3 Å². The molecule has 0 spiro atoms. The third kappa shape index (κ3) is 5.49. The zero-order valence-corrected chi connectivity index (χ0v) is 19.0. The lowest BCUT2D eigenvalue weighted by Crippen LogP contribution is -2.15. The summed E-state index contributed by atoms with van der Waals surface area (Å²) in [7, 11) is 0. The molecule has 0 saturated carbocycles. The number of carbonyl (C=O) groups is 1. The maximum atomic E-state index is 12.5. The van der Waals surface area contributed by atoms with Gasteiger partial charge in [-0.25, -0.2) is 0 Å². The number of nitrogens with zero attached hydrogens (tertiary/aromatic N) is 3. The molecule has 6 nitrogen and oxygen atoms in total. The Balaban J connectivity index is 1.49. The number of para-hydroxylation sites is 2. The van der Waals surface area contributed by atoms with Gasteiger partial charge < -0.3 is 10.6 Å². The third-order valence-corrected chi connectivity index (χ3v) is 5.96. The Hall–Kier alpha value is -3.29. The number of hydrogen-bond acceptors (Lipinski definition) is 5. The van der Waals surface area contributed by atoms with Crippen LogP contribution in [0.25, 0.3) is 5.69 Å². The van der Waals surface area contributed by atoms with Gasteiger partial charge in [-0.15, -0.1) is 10.2 Å². The predicted molar refractivity (Wildman–Crippen MR) is 131 cm³/mol. The van der Waals surface area contributed by atoms with Crippen molar-refractivity contribution < 1.29 is 4.79 Å². The van der Waals surface area contributed by atoms with E-state index in [1.807, 2.05) is 59.2 Å². The molecular weight excluding hydrogens is 442 g/mol. The maximum absolute atomic E-state index is 12.5. The molecule has 0 atom stereocenters. The van der Waals surface area contributed by atoms with Gasteiger partial charge in [0, 0.05) is 11.4 Å². The average molecular weight is 464 g/mol. The minimum absolute atomic E-state index is 0.162. The van der Waals surface area contributed by atoms with Crippen molar-refractivity contribution in [1.29, 1.82) is 0 Å². The molecule has 0 aliphatic rings. The maximum Gasteiger partial charge on any atom is 0.234 e. The Morgan fingerprint density at radius 1 is 0.969 bits per heavy atom. The van der Waals surface area contributed by atoms with E-state index in [9.17, 15) is 4.79 Å². The summed E-state index contributed by atoms with van der Waals surface area (Å²) in [4.78, 5) is 12.5. The summed E-state index contributed by atoms with van der Waals surface area (Å²) >= 11 is 7.46. The van der Waals surface area contributed by atoms with Crippen LogP contribution >= 0.6 is 23.4 Å². The zero-order valence-electron chi connectivity index (χ0n) is 17.5. The lowest BCUT2D eigenvalue weighted by Gasteiger charge is -2.12. The quantitative estimate of drug-likeness (QED) is 0.334. The predicted octanol–water partition coefficient (Wildman–Crippen LogP) is 5.57.